The van der Waals surface area contributed by atoms with Crippen molar-refractivity contribution < 1.29 is 27.8 Å². The number of aryl methyl sites for hydroxylation is 2. The lowest BCUT2D eigenvalue weighted by Crippen LogP contribution is -2.34. The minimum atomic E-state index is -4.70. The molecule has 1 unspecified atom stereocenters. The van der Waals surface area contributed by atoms with Gasteiger partial charge in [-0.15, -0.1) is 0 Å². The van der Waals surface area contributed by atoms with Gasteiger partial charge in [-0.2, -0.15) is 13.2 Å². The van der Waals surface area contributed by atoms with Crippen LogP contribution in [0.4, 0.5) is 13.2 Å². The van der Waals surface area contributed by atoms with Gasteiger partial charge in [0.1, 0.15) is 18.6 Å². The minimum absolute atomic E-state index is 0.254. The van der Waals surface area contributed by atoms with E-state index in [1.807, 2.05) is 0 Å². The van der Waals surface area contributed by atoms with Crippen molar-refractivity contribution in [3.63, 3.8) is 0 Å². The topological polar surface area (TPSA) is 46.5 Å². The molecule has 1 N–H and O–H groups in total. The van der Waals surface area contributed by atoms with Crippen LogP contribution < -0.4 is 4.74 Å². The minimum Gasteiger partial charge on any atom is -0.490 e. The molecule has 0 amide bonds. The van der Waals surface area contributed by atoms with E-state index in [2.05, 4.69) is 0 Å². The molecule has 18 heavy (non-hydrogen) atoms. The lowest BCUT2D eigenvalue weighted by atomic mass is 10.1. The van der Waals surface area contributed by atoms with Crippen LogP contribution in [-0.4, -0.2) is 30.3 Å². The number of aliphatic hydroxyl groups is 1. The maximum absolute atomic E-state index is 12.1. The predicted molar refractivity (Wildman–Crippen MR) is 58.9 cm³/mol. The molecule has 1 aromatic carbocycles. The fourth-order valence-electron chi connectivity index (χ4n) is 1.54. The first kappa shape index (κ1) is 14.5. The molecule has 0 spiro atoms. The molecule has 0 aromatic heterocycles. The van der Waals surface area contributed by atoms with Crippen LogP contribution in [0, 0.1) is 13.8 Å². The second kappa shape index (κ2) is 5.39. The van der Waals surface area contributed by atoms with E-state index in [-0.39, 0.29) is 5.75 Å². The predicted octanol–water partition coefficient (Wildman–Crippen LogP) is 2.42. The molecule has 0 fully saturated rings. The Bertz CT molecular complexity index is 418. The molecule has 6 heteroatoms. The molecule has 0 saturated carbocycles. The van der Waals surface area contributed by atoms with Gasteiger partial charge in [-0.25, -0.2) is 0 Å². The van der Waals surface area contributed by atoms with Crippen LogP contribution in [0.1, 0.15) is 21.5 Å². The molecule has 1 rings (SSSR count). The smallest absolute Gasteiger partial charge is 0.417 e. The number of alkyl halides is 3. The molecule has 0 aliphatic heterocycles. The Hall–Kier alpha value is -1.56. The van der Waals surface area contributed by atoms with Gasteiger partial charge in [-0.05, 0) is 37.1 Å². The molecule has 0 aliphatic rings. The molecule has 0 saturated heterocycles. The molecule has 0 aliphatic carbocycles. The van der Waals surface area contributed by atoms with E-state index in [1.165, 1.54) is 12.1 Å². The highest BCUT2D eigenvalue weighted by molar-refractivity contribution is 5.76. The van der Waals surface area contributed by atoms with E-state index >= 15 is 0 Å². The third-order valence-electron chi connectivity index (χ3n) is 2.38. The van der Waals surface area contributed by atoms with E-state index < -0.39 is 18.9 Å². The Morgan fingerprint density at radius 1 is 1.33 bits per heavy atom. The number of rotatable bonds is 4. The lowest BCUT2D eigenvalue weighted by molar-refractivity contribution is -0.210. The van der Waals surface area contributed by atoms with Crippen LogP contribution in [0.3, 0.4) is 0 Å². The van der Waals surface area contributed by atoms with Crippen molar-refractivity contribution in [3.05, 3.63) is 28.8 Å². The number of benzene rings is 1. The van der Waals surface area contributed by atoms with Crippen LogP contribution in [0.15, 0.2) is 12.1 Å². The van der Waals surface area contributed by atoms with Crippen molar-refractivity contribution in [2.75, 3.05) is 6.61 Å². The van der Waals surface area contributed by atoms with E-state index in [0.717, 1.165) is 0 Å². The summed E-state index contributed by atoms with van der Waals surface area (Å²) in [6, 6.07) is 3.02. The summed E-state index contributed by atoms with van der Waals surface area (Å²) >= 11 is 0. The second-order valence-electron chi connectivity index (χ2n) is 3.97. The van der Waals surface area contributed by atoms with Crippen molar-refractivity contribution in [1.29, 1.82) is 0 Å². The first-order valence-electron chi connectivity index (χ1n) is 5.19. The highest BCUT2D eigenvalue weighted by Gasteiger charge is 2.38. The van der Waals surface area contributed by atoms with Gasteiger partial charge in [0, 0.05) is 5.56 Å². The molecule has 1 atom stereocenters. The molecular weight excluding hydrogens is 249 g/mol. The SMILES string of the molecule is Cc1cc(C=O)cc(C)c1OCC(O)C(F)(F)F. The maximum Gasteiger partial charge on any atom is 0.417 e. The molecule has 0 radical (unpaired) electrons. The van der Waals surface area contributed by atoms with Crippen molar-refractivity contribution in [1.82, 2.24) is 0 Å². The zero-order chi connectivity index (χ0) is 13.9. The van der Waals surface area contributed by atoms with Crippen LogP contribution in [0.5, 0.6) is 5.75 Å². The number of halogens is 3. The molecular formula is C12H13F3O3. The average molecular weight is 262 g/mol. The number of hydrogen-bond acceptors (Lipinski definition) is 3. The van der Waals surface area contributed by atoms with Gasteiger partial charge in [0.25, 0.3) is 0 Å². The maximum atomic E-state index is 12.1. The highest BCUT2D eigenvalue weighted by atomic mass is 19.4. The van der Waals surface area contributed by atoms with Crippen molar-refractivity contribution in [3.8, 4) is 5.75 Å². The van der Waals surface area contributed by atoms with Gasteiger partial charge in [0.2, 0.25) is 0 Å². The van der Waals surface area contributed by atoms with Crippen LogP contribution in [0.25, 0.3) is 0 Å². The number of hydrogen-bond donors (Lipinski definition) is 1. The lowest BCUT2D eigenvalue weighted by Gasteiger charge is -2.17. The van der Waals surface area contributed by atoms with Gasteiger partial charge in [0.05, 0.1) is 0 Å². The third-order valence-corrected chi connectivity index (χ3v) is 2.38. The normalized spacial score (nSPS) is 13.2. The third kappa shape index (κ3) is 3.46. The number of ether oxygens (including phenoxy) is 1. The number of carbonyl (C=O) groups is 1. The Kier molecular flexibility index (Phi) is 4.34. The monoisotopic (exact) mass is 262 g/mol. The summed E-state index contributed by atoms with van der Waals surface area (Å²) in [4.78, 5) is 10.6. The molecule has 100 valence electrons. The van der Waals surface area contributed by atoms with Crippen LogP contribution >= 0.6 is 0 Å². The van der Waals surface area contributed by atoms with Crippen molar-refractivity contribution in [2.24, 2.45) is 0 Å². The second-order valence-corrected chi connectivity index (χ2v) is 3.97. The Morgan fingerprint density at radius 2 is 1.83 bits per heavy atom. The summed E-state index contributed by atoms with van der Waals surface area (Å²) < 4.78 is 41.3. The summed E-state index contributed by atoms with van der Waals surface area (Å²) in [5.74, 6) is 0.254. The fraction of sp³-hybridized carbons (Fsp3) is 0.417. The molecule has 3 nitrogen and oxygen atoms in total. The van der Waals surface area contributed by atoms with E-state index in [4.69, 9.17) is 9.84 Å². The number of aliphatic hydroxyl groups excluding tert-OH is 1. The first-order valence-corrected chi connectivity index (χ1v) is 5.19. The quantitative estimate of drug-likeness (QED) is 0.848. The Morgan fingerprint density at radius 3 is 2.22 bits per heavy atom. The van der Waals surface area contributed by atoms with E-state index in [0.29, 0.717) is 23.0 Å². The van der Waals surface area contributed by atoms with Gasteiger partial charge in [-0.3, -0.25) is 4.79 Å². The summed E-state index contributed by atoms with van der Waals surface area (Å²) in [6.07, 6.45) is -6.58. The zero-order valence-electron chi connectivity index (χ0n) is 9.91. The van der Waals surface area contributed by atoms with E-state index in [1.54, 1.807) is 13.8 Å². The zero-order valence-corrected chi connectivity index (χ0v) is 9.91. The van der Waals surface area contributed by atoms with Crippen molar-refractivity contribution >= 4 is 6.29 Å². The summed E-state index contributed by atoms with van der Waals surface area (Å²) in [7, 11) is 0. The van der Waals surface area contributed by atoms with Crippen LogP contribution in [0.2, 0.25) is 0 Å². The summed E-state index contributed by atoms with van der Waals surface area (Å²) in [6.45, 7) is 2.37. The largest absolute Gasteiger partial charge is 0.490 e. The van der Waals surface area contributed by atoms with Crippen LogP contribution in [-0.2, 0) is 0 Å². The standard InChI is InChI=1S/C12H13F3O3/c1-7-3-9(5-16)4-8(2)11(7)18-6-10(17)12(13,14)15/h3-5,10,17H,6H2,1-2H3. The van der Waals surface area contributed by atoms with E-state index in [9.17, 15) is 18.0 Å². The molecule has 0 heterocycles. The first-order chi connectivity index (χ1) is 8.25. The molecule has 1 aromatic rings. The van der Waals surface area contributed by atoms with Gasteiger partial charge < -0.3 is 9.84 Å². The number of carbonyl (C=O) groups excluding carboxylic acids is 1. The highest BCUT2D eigenvalue weighted by Crippen LogP contribution is 2.26. The Balaban J connectivity index is 2.83. The molecule has 0 bridgehead atoms. The fourth-order valence-corrected chi connectivity index (χ4v) is 1.54. The van der Waals surface area contributed by atoms with Gasteiger partial charge in [0.15, 0.2) is 6.10 Å². The number of aldehydes is 1. The average Bonchev–Trinajstić information content (AvgIpc) is 2.25. The van der Waals surface area contributed by atoms with Gasteiger partial charge in [-0.1, -0.05) is 0 Å². The van der Waals surface area contributed by atoms with Crippen molar-refractivity contribution in [2.45, 2.75) is 26.1 Å². The Labute approximate surface area is 102 Å². The summed E-state index contributed by atoms with van der Waals surface area (Å²) in [5, 5.41) is 8.82. The summed E-state index contributed by atoms with van der Waals surface area (Å²) in [5.41, 5.74) is 1.52. The van der Waals surface area contributed by atoms with Gasteiger partial charge >= 0.3 is 6.18 Å².